The van der Waals surface area contributed by atoms with Gasteiger partial charge in [-0.05, 0) is 43.5 Å². The van der Waals surface area contributed by atoms with Crippen LogP contribution in [0.1, 0.15) is 67.6 Å². The average molecular weight is 588 g/mol. The zero-order chi connectivity index (χ0) is 31.6. The first-order chi connectivity index (χ1) is 19.5. The predicted octanol–water partition coefficient (Wildman–Crippen LogP) is 3.96. The van der Waals surface area contributed by atoms with Gasteiger partial charge in [0.1, 0.15) is 17.6 Å². The number of nitrogens with zero attached hydrogens (tertiary/aromatic N) is 1. The van der Waals surface area contributed by atoms with E-state index in [9.17, 15) is 24.6 Å². The topological polar surface area (TPSA) is 119 Å². The number of aliphatic hydroxyl groups is 1. The lowest BCUT2D eigenvalue weighted by Crippen LogP contribution is -2.65. The fraction of sp³-hybridized carbons (Fsp3) is 0.531. The van der Waals surface area contributed by atoms with E-state index in [2.05, 4.69) is 10.6 Å². The van der Waals surface area contributed by atoms with Gasteiger partial charge in [0, 0.05) is 23.6 Å². The van der Waals surface area contributed by atoms with E-state index in [-0.39, 0.29) is 23.8 Å². The number of aldehydes is 1. The molecule has 0 radical (unpaired) electrons. The quantitative estimate of drug-likeness (QED) is 0.296. The van der Waals surface area contributed by atoms with Crippen molar-refractivity contribution in [1.29, 1.82) is 0 Å². The van der Waals surface area contributed by atoms with Gasteiger partial charge in [0.05, 0.1) is 18.0 Å². The van der Waals surface area contributed by atoms with E-state index in [1.807, 2.05) is 13.8 Å². The lowest BCUT2D eigenvalue weighted by Gasteiger charge is -2.44. The number of benzene rings is 2. The molecule has 1 aliphatic rings. The molecule has 2 aromatic carbocycles. The van der Waals surface area contributed by atoms with E-state index in [1.165, 1.54) is 19.9 Å². The average Bonchev–Trinajstić information content (AvgIpc) is 3.09. The molecule has 1 heterocycles. The Morgan fingerprint density at radius 1 is 1.07 bits per heavy atom. The summed E-state index contributed by atoms with van der Waals surface area (Å²) >= 11 is 0. The third-order valence-electron chi connectivity index (χ3n) is 8.87. The van der Waals surface area contributed by atoms with Gasteiger partial charge in [-0.2, -0.15) is 0 Å². The van der Waals surface area contributed by atoms with Crippen LogP contribution in [-0.2, 0) is 9.59 Å². The highest BCUT2D eigenvalue weighted by molar-refractivity contribution is 5.98. The van der Waals surface area contributed by atoms with Crippen LogP contribution in [-0.4, -0.2) is 76.5 Å². The van der Waals surface area contributed by atoms with Crippen LogP contribution in [0.2, 0.25) is 0 Å². The van der Waals surface area contributed by atoms with E-state index in [1.54, 1.807) is 57.2 Å². The molecule has 2 amide bonds. The van der Waals surface area contributed by atoms with Gasteiger partial charge >= 0.3 is 0 Å². The zero-order valence-corrected chi connectivity index (χ0v) is 25.4. The van der Waals surface area contributed by atoms with Crippen LogP contribution >= 0.6 is 0 Å². The number of hydrogen-bond acceptors (Lipinski definition) is 6. The Morgan fingerprint density at radius 3 is 2.26 bits per heavy atom. The highest BCUT2D eigenvalue weighted by atomic mass is 19.3. The van der Waals surface area contributed by atoms with Gasteiger partial charge in [-0.15, -0.1) is 0 Å². The number of aromatic hydroxyl groups is 1. The summed E-state index contributed by atoms with van der Waals surface area (Å²) in [5, 5.41) is 27.6. The molecule has 10 heteroatoms. The third-order valence-corrected chi connectivity index (χ3v) is 8.87. The van der Waals surface area contributed by atoms with Crippen molar-refractivity contribution in [3.63, 3.8) is 0 Å². The number of likely N-dealkylation sites (tertiary alicyclic amines) is 1. The highest BCUT2D eigenvalue weighted by Crippen LogP contribution is 2.53. The number of rotatable bonds is 11. The van der Waals surface area contributed by atoms with Gasteiger partial charge in [-0.3, -0.25) is 9.59 Å². The molecule has 42 heavy (non-hydrogen) atoms. The maximum atomic E-state index is 15.5. The van der Waals surface area contributed by atoms with Gasteiger partial charge in [0.15, 0.2) is 6.10 Å². The number of carbonyl (C=O) groups excluding carboxylic acids is 3. The number of amides is 2. The second-order valence-corrected chi connectivity index (χ2v) is 12.4. The second kappa shape index (κ2) is 12.5. The summed E-state index contributed by atoms with van der Waals surface area (Å²) in [7, 11) is 0. The lowest BCUT2D eigenvalue weighted by atomic mass is 9.71. The zero-order valence-electron chi connectivity index (χ0n) is 25.4. The van der Waals surface area contributed by atoms with E-state index in [0.717, 1.165) is 4.90 Å². The van der Waals surface area contributed by atoms with Crippen molar-refractivity contribution in [1.82, 2.24) is 15.5 Å². The van der Waals surface area contributed by atoms with Crippen molar-refractivity contribution in [2.75, 3.05) is 19.6 Å². The minimum atomic E-state index is -3.44. The molecule has 4 atom stereocenters. The Labute approximate surface area is 246 Å². The number of halogens is 2. The largest absolute Gasteiger partial charge is 0.508 e. The molecule has 3 rings (SSSR count). The third kappa shape index (κ3) is 5.92. The number of nitrogens with one attached hydrogen (secondary N) is 2. The van der Waals surface area contributed by atoms with Crippen molar-refractivity contribution < 1.29 is 33.4 Å². The number of aryl methyl sites for hydroxylation is 1. The number of alkyl halides is 2. The second-order valence-electron chi connectivity index (χ2n) is 12.4. The monoisotopic (exact) mass is 587 g/mol. The van der Waals surface area contributed by atoms with Gasteiger partial charge in [0.2, 0.25) is 0 Å². The van der Waals surface area contributed by atoms with Crippen LogP contribution in [0.15, 0.2) is 42.5 Å². The molecular weight excluding hydrogens is 544 g/mol. The molecule has 1 saturated heterocycles. The first kappa shape index (κ1) is 33.1. The molecular formula is C32H43F2N3O5. The normalized spacial score (nSPS) is 21.5. The van der Waals surface area contributed by atoms with E-state index in [0.29, 0.717) is 29.5 Å². The smallest absolute Gasteiger partial charge is 0.273 e. The van der Waals surface area contributed by atoms with Crippen LogP contribution in [0.25, 0.3) is 0 Å². The Kier molecular flexibility index (Phi) is 9.84. The molecule has 8 nitrogen and oxygen atoms in total. The van der Waals surface area contributed by atoms with Crippen LogP contribution in [0, 0.1) is 25.2 Å². The van der Waals surface area contributed by atoms with Gasteiger partial charge in [-0.1, -0.05) is 71.0 Å². The predicted molar refractivity (Wildman–Crippen MR) is 157 cm³/mol. The van der Waals surface area contributed by atoms with Crippen molar-refractivity contribution in [3.05, 3.63) is 64.7 Å². The number of phenols is 1. The molecule has 4 N–H and O–H groups in total. The first-order valence-electron chi connectivity index (χ1n) is 14.2. The van der Waals surface area contributed by atoms with Gasteiger partial charge in [-0.25, -0.2) is 8.78 Å². The molecule has 230 valence electrons. The summed E-state index contributed by atoms with van der Waals surface area (Å²) < 4.78 is 31.0. The van der Waals surface area contributed by atoms with Crippen molar-refractivity contribution >= 4 is 18.1 Å². The van der Waals surface area contributed by atoms with Crippen LogP contribution in [0.3, 0.4) is 0 Å². The van der Waals surface area contributed by atoms with Crippen molar-refractivity contribution in [2.45, 2.75) is 78.0 Å². The minimum Gasteiger partial charge on any atom is -0.508 e. The summed E-state index contributed by atoms with van der Waals surface area (Å²) in [6.45, 7) is 10.4. The molecule has 0 unspecified atom stereocenters. The highest BCUT2D eigenvalue weighted by Gasteiger charge is 2.70. The molecule has 1 aliphatic heterocycles. The molecule has 0 aliphatic carbocycles. The van der Waals surface area contributed by atoms with Crippen molar-refractivity contribution in [3.8, 4) is 5.75 Å². The summed E-state index contributed by atoms with van der Waals surface area (Å²) in [5.74, 6) is -5.76. The van der Waals surface area contributed by atoms with Crippen LogP contribution < -0.4 is 10.6 Å². The van der Waals surface area contributed by atoms with Gasteiger partial charge in [0.25, 0.3) is 17.7 Å². The van der Waals surface area contributed by atoms with Crippen molar-refractivity contribution in [2.24, 2.45) is 11.3 Å². The Balaban J connectivity index is 2.06. The fourth-order valence-corrected chi connectivity index (χ4v) is 5.75. The van der Waals surface area contributed by atoms with E-state index >= 15 is 8.78 Å². The maximum Gasteiger partial charge on any atom is 0.273 e. The first-order valence-corrected chi connectivity index (χ1v) is 14.2. The molecule has 0 spiro atoms. The molecule has 0 saturated carbocycles. The Hall–Kier alpha value is -3.37. The standard InChI is InChI=1S/C32H43F2N3O5/c1-19(2)15-35-16-31(18-38)30(6,7)32(33,34)17-37(31)29(42)27(40)26(21(4)23-11-9-8-10-12-23)36-28(41)25-20(3)13-14-24(39)22(25)5/h8-14,18-19,21,26-27,35,39-40H,15-17H2,1-7H3,(H,36,41)/t21-,26-,27-,31+/m0/s1. The Morgan fingerprint density at radius 2 is 1.69 bits per heavy atom. The molecule has 0 aromatic heterocycles. The summed E-state index contributed by atoms with van der Waals surface area (Å²) in [5.41, 5.74) is -2.18. The fourth-order valence-electron chi connectivity index (χ4n) is 5.75. The summed E-state index contributed by atoms with van der Waals surface area (Å²) in [4.78, 5) is 41.1. The number of hydrogen-bond donors (Lipinski definition) is 4. The number of phenolic OH excluding ortho intramolecular Hbond substituents is 1. The molecule has 0 bridgehead atoms. The van der Waals surface area contributed by atoms with Crippen LogP contribution in [0.5, 0.6) is 5.75 Å². The molecule has 1 fully saturated rings. The summed E-state index contributed by atoms with van der Waals surface area (Å²) in [6, 6.07) is 10.6. The maximum absolute atomic E-state index is 15.5. The molecule has 2 aromatic rings. The van der Waals surface area contributed by atoms with E-state index < -0.39 is 53.3 Å². The number of carbonyl (C=O) groups is 3. The van der Waals surface area contributed by atoms with Gasteiger partial charge < -0.3 is 30.5 Å². The summed E-state index contributed by atoms with van der Waals surface area (Å²) in [6.07, 6.45) is -1.60. The lowest BCUT2D eigenvalue weighted by molar-refractivity contribution is -0.152. The minimum absolute atomic E-state index is 0.0961. The van der Waals surface area contributed by atoms with E-state index in [4.69, 9.17) is 0 Å². The van der Waals surface area contributed by atoms with Crippen LogP contribution in [0.4, 0.5) is 8.78 Å². The Bertz CT molecular complexity index is 1300. The number of aliphatic hydroxyl groups excluding tert-OH is 1. The SMILES string of the molecule is Cc1ccc(O)c(C)c1C(=O)N[C@H]([C@H](O)C(=O)N1CC(F)(F)C(C)(C)[C@]1(C=O)CNCC(C)C)[C@@H](C)c1ccccc1.